The van der Waals surface area contributed by atoms with Crippen LogP contribution in [0.25, 0.3) is 0 Å². The lowest BCUT2D eigenvalue weighted by atomic mass is 9.95. The molecular formula is C13H20BrN. The van der Waals surface area contributed by atoms with Gasteiger partial charge >= 0.3 is 0 Å². The molecule has 0 spiro atoms. The summed E-state index contributed by atoms with van der Waals surface area (Å²) in [7, 11) is 0. The molecule has 0 heterocycles. The van der Waals surface area contributed by atoms with Crippen LogP contribution in [0, 0.1) is 5.92 Å². The smallest absolute Gasteiger partial charge is 0.0177 e. The number of halogens is 1. The van der Waals surface area contributed by atoms with Gasteiger partial charge in [-0.15, -0.1) is 0 Å². The molecule has 2 atom stereocenters. The van der Waals surface area contributed by atoms with Crippen LogP contribution in [-0.4, -0.2) is 12.6 Å². The molecule has 0 aliphatic rings. The summed E-state index contributed by atoms with van der Waals surface area (Å²) in [5.74, 6) is 0.666. The molecule has 0 bridgehead atoms. The van der Waals surface area contributed by atoms with Gasteiger partial charge in [0, 0.05) is 10.5 Å². The standard InChI is InChI=1S/C13H20BrN/c1-4-15-11(3)10(2)8-12-6-5-7-13(14)9-12/h5-7,9-11,15H,4,8H2,1-3H3. The lowest BCUT2D eigenvalue weighted by Crippen LogP contribution is -2.32. The molecule has 0 saturated heterocycles. The zero-order valence-corrected chi connectivity index (χ0v) is 11.3. The van der Waals surface area contributed by atoms with Gasteiger partial charge in [0.1, 0.15) is 0 Å². The fourth-order valence-electron chi connectivity index (χ4n) is 1.74. The van der Waals surface area contributed by atoms with Crippen molar-refractivity contribution in [3.63, 3.8) is 0 Å². The van der Waals surface area contributed by atoms with Crippen molar-refractivity contribution in [3.8, 4) is 0 Å². The van der Waals surface area contributed by atoms with E-state index in [2.05, 4.69) is 66.3 Å². The fraction of sp³-hybridized carbons (Fsp3) is 0.538. The minimum atomic E-state index is 0.578. The molecule has 0 saturated carbocycles. The van der Waals surface area contributed by atoms with E-state index in [1.165, 1.54) is 10.0 Å². The summed E-state index contributed by atoms with van der Waals surface area (Å²) in [6.45, 7) is 7.76. The highest BCUT2D eigenvalue weighted by molar-refractivity contribution is 9.10. The van der Waals surface area contributed by atoms with E-state index in [1.807, 2.05) is 0 Å². The first-order valence-electron chi connectivity index (χ1n) is 5.61. The Bertz CT molecular complexity index is 298. The maximum atomic E-state index is 3.50. The molecule has 0 fully saturated rings. The van der Waals surface area contributed by atoms with Crippen molar-refractivity contribution in [1.82, 2.24) is 5.32 Å². The van der Waals surface area contributed by atoms with Crippen LogP contribution in [0.2, 0.25) is 0 Å². The molecule has 0 aromatic heterocycles. The van der Waals surface area contributed by atoms with Crippen LogP contribution in [0.5, 0.6) is 0 Å². The van der Waals surface area contributed by atoms with E-state index >= 15 is 0 Å². The second-order valence-corrected chi connectivity index (χ2v) is 5.07. The highest BCUT2D eigenvalue weighted by Crippen LogP contribution is 2.16. The second kappa shape index (κ2) is 6.29. The Kier molecular flexibility index (Phi) is 5.34. The van der Waals surface area contributed by atoms with Crippen LogP contribution in [-0.2, 0) is 6.42 Å². The van der Waals surface area contributed by atoms with Crippen molar-refractivity contribution < 1.29 is 0 Å². The Hall–Kier alpha value is -0.340. The van der Waals surface area contributed by atoms with Gasteiger partial charge in [0.25, 0.3) is 0 Å². The average molecular weight is 270 g/mol. The molecule has 84 valence electrons. The van der Waals surface area contributed by atoms with Gasteiger partial charge < -0.3 is 5.32 Å². The first-order chi connectivity index (χ1) is 7.13. The summed E-state index contributed by atoms with van der Waals surface area (Å²) >= 11 is 3.50. The van der Waals surface area contributed by atoms with Crippen LogP contribution in [0.15, 0.2) is 28.7 Å². The largest absolute Gasteiger partial charge is 0.314 e. The van der Waals surface area contributed by atoms with Gasteiger partial charge in [-0.3, -0.25) is 0 Å². The van der Waals surface area contributed by atoms with E-state index in [9.17, 15) is 0 Å². The molecule has 0 aliphatic carbocycles. The third-order valence-electron chi connectivity index (χ3n) is 2.83. The maximum Gasteiger partial charge on any atom is 0.0177 e. The third kappa shape index (κ3) is 4.35. The molecule has 1 aromatic rings. The molecule has 0 amide bonds. The molecule has 1 rings (SSSR count). The highest BCUT2D eigenvalue weighted by atomic mass is 79.9. The van der Waals surface area contributed by atoms with Crippen molar-refractivity contribution in [1.29, 1.82) is 0 Å². The Morgan fingerprint density at radius 1 is 1.33 bits per heavy atom. The summed E-state index contributed by atoms with van der Waals surface area (Å²) in [5.41, 5.74) is 1.40. The van der Waals surface area contributed by atoms with Gasteiger partial charge in [0.15, 0.2) is 0 Å². The molecular weight excluding hydrogens is 250 g/mol. The molecule has 0 aliphatic heterocycles. The summed E-state index contributed by atoms with van der Waals surface area (Å²) in [5, 5.41) is 3.47. The van der Waals surface area contributed by atoms with Gasteiger partial charge in [-0.05, 0) is 43.5 Å². The van der Waals surface area contributed by atoms with Gasteiger partial charge in [-0.1, -0.05) is 41.9 Å². The van der Waals surface area contributed by atoms with Crippen molar-refractivity contribution >= 4 is 15.9 Å². The van der Waals surface area contributed by atoms with Gasteiger partial charge in [-0.2, -0.15) is 0 Å². The molecule has 1 N–H and O–H groups in total. The predicted octanol–water partition coefficient (Wildman–Crippen LogP) is 3.63. The Morgan fingerprint density at radius 3 is 2.67 bits per heavy atom. The van der Waals surface area contributed by atoms with E-state index in [1.54, 1.807) is 0 Å². The number of hydrogen-bond donors (Lipinski definition) is 1. The van der Waals surface area contributed by atoms with Gasteiger partial charge in [0.2, 0.25) is 0 Å². The monoisotopic (exact) mass is 269 g/mol. The van der Waals surface area contributed by atoms with E-state index in [0.29, 0.717) is 12.0 Å². The van der Waals surface area contributed by atoms with Crippen LogP contribution < -0.4 is 5.32 Å². The average Bonchev–Trinajstić information content (AvgIpc) is 2.18. The predicted molar refractivity (Wildman–Crippen MR) is 70.1 cm³/mol. The number of hydrogen-bond acceptors (Lipinski definition) is 1. The van der Waals surface area contributed by atoms with Crippen molar-refractivity contribution in [2.24, 2.45) is 5.92 Å². The fourth-order valence-corrected chi connectivity index (χ4v) is 2.18. The molecule has 15 heavy (non-hydrogen) atoms. The maximum absolute atomic E-state index is 3.50. The lowest BCUT2D eigenvalue weighted by molar-refractivity contribution is 0.406. The Balaban J connectivity index is 2.54. The van der Waals surface area contributed by atoms with E-state index in [4.69, 9.17) is 0 Å². The molecule has 2 heteroatoms. The number of nitrogens with one attached hydrogen (secondary N) is 1. The quantitative estimate of drug-likeness (QED) is 0.861. The summed E-state index contributed by atoms with van der Waals surface area (Å²) in [6, 6.07) is 9.15. The lowest BCUT2D eigenvalue weighted by Gasteiger charge is -2.20. The third-order valence-corrected chi connectivity index (χ3v) is 3.32. The molecule has 1 nitrogen and oxygen atoms in total. The topological polar surface area (TPSA) is 12.0 Å². The first kappa shape index (κ1) is 12.7. The van der Waals surface area contributed by atoms with Crippen LogP contribution in [0.1, 0.15) is 26.3 Å². The zero-order chi connectivity index (χ0) is 11.3. The SMILES string of the molecule is CCNC(C)C(C)Cc1cccc(Br)c1. The zero-order valence-electron chi connectivity index (χ0n) is 9.76. The Labute approximate surface area is 101 Å². The Morgan fingerprint density at radius 2 is 2.07 bits per heavy atom. The number of benzene rings is 1. The minimum Gasteiger partial charge on any atom is -0.314 e. The van der Waals surface area contributed by atoms with E-state index in [-0.39, 0.29) is 0 Å². The number of rotatable bonds is 5. The second-order valence-electron chi connectivity index (χ2n) is 4.16. The first-order valence-corrected chi connectivity index (χ1v) is 6.40. The van der Waals surface area contributed by atoms with Gasteiger partial charge in [-0.25, -0.2) is 0 Å². The van der Waals surface area contributed by atoms with Crippen molar-refractivity contribution in [2.45, 2.75) is 33.2 Å². The minimum absolute atomic E-state index is 0.578. The molecule has 2 unspecified atom stereocenters. The van der Waals surface area contributed by atoms with E-state index < -0.39 is 0 Å². The van der Waals surface area contributed by atoms with Crippen LogP contribution >= 0.6 is 15.9 Å². The van der Waals surface area contributed by atoms with E-state index in [0.717, 1.165) is 13.0 Å². The molecule has 1 aromatic carbocycles. The van der Waals surface area contributed by atoms with Crippen LogP contribution in [0.3, 0.4) is 0 Å². The molecule has 0 radical (unpaired) electrons. The van der Waals surface area contributed by atoms with Crippen LogP contribution in [0.4, 0.5) is 0 Å². The van der Waals surface area contributed by atoms with Gasteiger partial charge in [0.05, 0.1) is 0 Å². The van der Waals surface area contributed by atoms with Crippen molar-refractivity contribution in [2.75, 3.05) is 6.54 Å². The summed E-state index contributed by atoms with van der Waals surface area (Å²) in [6.07, 6.45) is 1.13. The summed E-state index contributed by atoms with van der Waals surface area (Å²) < 4.78 is 1.17. The summed E-state index contributed by atoms with van der Waals surface area (Å²) in [4.78, 5) is 0. The highest BCUT2D eigenvalue weighted by Gasteiger charge is 2.11. The van der Waals surface area contributed by atoms with Crippen molar-refractivity contribution in [3.05, 3.63) is 34.3 Å². The normalized spacial score (nSPS) is 14.9.